The van der Waals surface area contributed by atoms with Crippen molar-refractivity contribution in [1.29, 1.82) is 0 Å². The van der Waals surface area contributed by atoms with Gasteiger partial charge in [-0.05, 0) is 36.1 Å². The number of amides is 1. The van der Waals surface area contributed by atoms with E-state index in [9.17, 15) is 4.79 Å². The second kappa shape index (κ2) is 6.92. The number of carbonyl (C=O) groups excluding carboxylic acids is 1. The average molecular weight is 352 g/mol. The van der Waals surface area contributed by atoms with Gasteiger partial charge in [-0.3, -0.25) is 9.48 Å². The molecule has 136 valence electrons. The van der Waals surface area contributed by atoms with Crippen molar-refractivity contribution in [3.05, 3.63) is 47.5 Å². The Bertz CT molecular complexity index is 923. The maximum Gasteiger partial charge on any atom is 0.269 e. The van der Waals surface area contributed by atoms with Gasteiger partial charge in [-0.1, -0.05) is 25.3 Å². The van der Waals surface area contributed by atoms with Crippen LogP contribution < -0.4 is 11.1 Å². The van der Waals surface area contributed by atoms with Crippen molar-refractivity contribution < 1.29 is 4.79 Å². The van der Waals surface area contributed by atoms with E-state index in [4.69, 9.17) is 5.73 Å². The predicted octanol–water partition coefficient (Wildman–Crippen LogP) is 2.42. The minimum absolute atomic E-state index is 0.0704. The van der Waals surface area contributed by atoms with E-state index < -0.39 is 0 Å². The first-order chi connectivity index (χ1) is 12.6. The van der Waals surface area contributed by atoms with Gasteiger partial charge in [-0.2, -0.15) is 5.10 Å². The molecule has 7 nitrogen and oxygen atoms in total. The Morgan fingerprint density at radius 1 is 1.42 bits per heavy atom. The lowest BCUT2D eigenvalue weighted by molar-refractivity contribution is 0.0940. The van der Waals surface area contributed by atoms with Crippen LogP contribution in [0.25, 0.3) is 11.0 Å². The van der Waals surface area contributed by atoms with Gasteiger partial charge in [0.05, 0.1) is 17.6 Å². The van der Waals surface area contributed by atoms with Crippen molar-refractivity contribution in [2.24, 2.45) is 18.7 Å². The van der Waals surface area contributed by atoms with Crippen LogP contribution in [0.4, 0.5) is 0 Å². The quantitative estimate of drug-likeness (QED) is 0.634. The number of hydrogen-bond donors (Lipinski definition) is 3. The van der Waals surface area contributed by atoms with Crippen molar-refractivity contribution in [3.63, 3.8) is 0 Å². The SMILES string of the molecule is Cn1nccc1C(=O)NCc1nc2ccc(C(N)CC3CCC3)cc2[nH]1. The van der Waals surface area contributed by atoms with Crippen LogP contribution in [0.2, 0.25) is 0 Å². The minimum Gasteiger partial charge on any atom is -0.343 e. The van der Waals surface area contributed by atoms with Crippen molar-refractivity contribution in [3.8, 4) is 0 Å². The third kappa shape index (κ3) is 3.35. The smallest absolute Gasteiger partial charge is 0.269 e. The normalized spacial score (nSPS) is 15.8. The Balaban J connectivity index is 1.43. The van der Waals surface area contributed by atoms with Crippen LogP contribution in [0, 0.1) is 5.92 Å². The van der Waals surface area contributed by atoms with E-state index in [1.807, 2.05) is 6.07 Å². The third-order valence-corrected chi connectivity index (χ3v) is 5.27. The molecule has 7 heteroatoms. The lowest BCUT2D eigenvalue weighted by atomic mass is 9.80. The number of carbonyl (C=O) groups is 1. The minimum atomic E-state index is -0.173. The van der Waals surface area contributed by atoms with Gasteiger partial charge in [0.15, 0.2) is 0 Å². The molecule has 0 bridgehead atoms. The summed E-state index contributed by atoms with van der Waals surface area (Å²) in [5, 5.41) is 6.87. The Morgan fingerprint density at radius 3 is 2.96 bits per heavy atom. The Morgan fingerprint density at radius 2 is 2.27 bits per heavy atom. The molecule has 0 radical (unpaired) electrons. The number of nitrogens with zero attached hydrogens (tertiary/aromatic N) is 3. The summed E-state index contributed by atoms with van der Waals surface area (Å²) in [5.41, 5.74) is 9.87. The van der Waals surface area contributed by atoms with Gasteiger partial charge in [0.2, 0.25) is 0 Å². The van der Waals surface area contributed by atoms with E-state index in [1.165, 1.54) is 19.3 Å². The van der Waals surface area contributed by atoms with Crippen molar-refractivity contribution in [2.75, 3.05) is 0 Å². The number of aryl methyl sites for hydroxylation is 1. The van der Waals surface area contributed by atoms with Gasteiger partial charge in [0, 0.05) is 19.3 Å². The molecule has 1 aromatic carbocycles. The fourth-order valence-electron chi connectivity index (χ4n) is 3.47. The summed E-state index contributed by atoms with van der Waals surface area (Å²) in [6.45, 7) is 0.335. The molecular weight excluding hydrogens is 328 g/mol. The van der Waals surface area contributed by atoms with Gasteiger partial charge < -0.3 is 16.0 Å². The lowest BCUT2D eigenvalue weighted by Gasteiger charge is -2.28. The number of imidazole rings is 1. The predicted molar refractivity (Wildman–Crippen MR) is 99.4 cm³/mol. The molecule has 4 rings (SSSR count). The number of H-pyrrole nitrogens is 1. The second-order valence-corrected chi connectivity index (χ2v) is 7.12. The molecule has 4 N–H and O–H groups in total. The van der Waals surface area contributed by atoms with E-state index in [-0.39, 0.29) is 11.9 Å². The van der Waals surface area contributed by atoms with E-state index in [2.05, 4.69) is 32.5 Å². The van der Waals surface area contributed by atoms with E-state index in [1.54, 1.807) is 24.0 Å². The molecule has 26 heavy (non-hydrogen) atoms. The summed E-state index contributed by atoms with van der Waals surface area (Å²) in [6.07, 6.45) is 6.60. The Kier molecular flexibility index (Phi) is 4.46. The first-order valence-electron chi connectivity index (χ1n) is 9.10. The summed E-state index contributed by atoms with van der Waals surface area (Å²) >= 11 is 0. The molecule has 3 aromatic rings. The largest absolute Gasteiger partial charge is 0.343 e. The van der Waals surface area contributed by atoms with Crippen molar-refractivity contribution >= 4 is 16.9 Å². The summed E-state index contributed by atoms with van der Waals surface area (Å²) in [7, 11) is 1.74. The average Bonchev–Trinajstić information content (AvgIpc) is 3.20. The van der Waals surface area contributed by atoms with Crippen LogP contribution in [-0.2, 0) is 13.6 Å². The lowest BCUT2D eigenvalue weighted by Crippen LogP contribution is -2.25. The first kappa shape index (κ1) is 16.8. The highest BCUT2D eigenvalue weighted by molar-refractivity contribution is 5.92. The molecule has 1 fully saturated rings. The zero-order valence-electron chi connectivity index (χ0n) is 14.9. The maximum atomic E-state index is 12.2. The van der Waals surface area contributed by atoms with Crippen molar-refractivity contribution in [1.82, 2.24) is 25.1 Å². The van der Waals surface area contributed by atoms with Crippen LogP contribution in [-0.4, -0.2) is 25.7 Å². The van der Waals surface area contributed by atoms with Crippen LogP contribution >= 0.6 is 0 Å². The molecule has 0 aliphatic heterocycles. The maximum absolute atomic E-state index is 12.2. The topological polar surface area (TPSA) is 102 Å². The molecule has 1 aliphatic rings. The second-order valence-electron chi connectivity index (χ2n) is 7.12. The number of fused-ring (bicyclic) bond motifs is 1. The van der Waals surface area contributed by atoms with E-state index in [0.29, 0.717) is 12.2 Å². The molecule has 1 amide bonds. The molecule has 0 saturated heterocycles. The fraction of sp³-hybridized carbons (Fsp3) is 0.421. The first-order valence-corrected chi connectivity index (χ1v) is 9.10. The number of aromatic amines is 1. The Labute approximate surface area is 152 Å². The summed E-state index contributed by atoms with van der Waals surface area (Å²) in [5.74, 6) is 1.33. The third-order valence-electron chi connectivity index (χ3n) is 5.27. The molecular formula is C19H24N6O. The van der Waals surface area contributed by atoms with E-state index in [0.717, 1.165) is 34.8 Å². The summed E-state index contributed by atoms with van der Waals surface area (Å²) < 4.78 is 1.55. The number of nitrogens with one attached hydrogen (secondary N) is 2. The molecule has 1 aliphatic carbocycles. The van der Waals surface area contributed by atoms with Crippen LogP contribution in [0.15, 0.2) is 30.5 Å². The number of rotatable bonds is 6. The van der Waals surface area contributed by atoms with Gasteiger partial charge in [-0.15, -0.1) is 0 Å². The molecule has 1 unspecified atom stereocenters. The highest BCUT2D eigenvalue weighted by atomic mass is 16.2. The standard InChI is InChI=1S/C19H24N6O/c1-25-17(7-8-22-25)19(26)21-11-18-23-15-6-5-13(10-16(15)24-18)14(20)9-12-3-2-4-12/h5-8,10,12,14H,2-4,9,11,20H2,1H3,(H,21,26)(H,23,24). The number of aromatic nitrogens is 4. The number of benzene rings is 1. The highest BCUT2D eigenvalue weighted by Crippen LogP contribution is 2.34. The van der Waals surface area contributed by atoms with Crippen LogP contribution in [0.5, 0.6) is 0 Å². The highest BCUT2D eigenvalue weighted by Gasteiger charge is 2.21. The Hall–Kier alpha value is -2.67. The van der Waals surface area contributed by atoms with Gasteiger partial charge >= 0.3 is 0 Å². The molecule has 0 spiro atoms. The summed E-state index contributed by atoms with van der Waals surface area (Å²) in [4.78, 5) is 20.0. The molecule has 1 atom stereocenters. The zero-order chi connectivity index (χ0) is 18.1. The van der Waals surface area contributed by atoms with Crippen molar-refractivity contribution in [2.45, 2.75) is 38.3 Å². The van der Waals surface area contributed by atoms with E-state index >= 15 is 0 Å². The summed E-state index contributed by atoms with van der Waals surface area (Å²) in [6, 6.07) is 7.89. The zero-order valence-corrected chi connectivity index (χ0v) is 14.9. The monoisotopic (exact) mass is 352 g/mol. The molecule has 2 heterocycles. The molecule has 2 aromatic heterocycles. The molecule has 1 saturated carbocycles. The van der Waals surface area contributed by atoms with Gasteiger partial charge in [-0.25, -0.2) is 4.98 Å². The van der Waals surface area contributed by atoms with Gasteiger partial charge in [0.1, 0.15) is 11.5 Å². The fourth-order valence-corrected chi connectivity index (χ4v) is 3.47. The number of nitrogens with two attached hydrogens (primary N) is 1. The van der Waals surface area contributed by atoms with Gasteiger partial charge in [0.25, 0.3) is 5.91 Å². The van der Waals surface area contributed by atoms with Crippen LogP contribution in [0.3, 0.4) is 0 Å². The van der Waals surface area contributed by atoms with Crippen LogP contribution in [0.1, 0.15) is 53.6 Å². The number of hydrogen-bond acceptors (Lipinski definition) is 4.